The molecule has 1 unspecified atom stereocenters. The van der Waals surface area contributed by atoms with Crippen LogP contribution in [0.4, 0.5) is 0 Å². The SMILES string of the molecule is OCCCCCOCCCOCC(O)CC1CCC1. The maximum atomic E-state index is 9.73. The Bertz CT molecular complexity index is 195. The molecule has 2 N–H and O–H groups in total. The molecule has 19 heavy (non-hydrogen) atoms. The highest BCUT2D eigenvalue weighted by Gasteiger charge is 2.20. The van der Waals surface area contributed by atoms with E-state index in [1.807, 2.05) is 0 Å². The molecule has 1 fully saturated rings. The Morgan fingerprint density at radius 1 is 0.947 bits per heavy atom. The molecule has 0 aromatic carbocycles. The maximum Gasteiger partial charge on any atom is 0.0776 e. The van der Waals surface area contributed by atoms with E-state index in [4.69, 9.17) is 14.6 Å². The summed E-state index contributed by atoms with van der Waals surface area (Å²) >= 11 is 0. The quantitative estimate of drug-likeness (QED) is 0.505. The lowest BCUT2D eigenvalue weighted by atomic mass is 9.81. The molecule has 114 valence electrons. The molecule has 0 aromatic rings. The van der Waals surface area contributed by atoms with Crippen molar-refractivity contribution in [1.82, 2.24) is 0 Å². The standard InChI is InChI=1S/C15H30O4/c16-8-2-1-3-9-18-10-5-11-19-13-15(17)12-14-6-4-7-14/h14-17H,1-13H2. The fourth-order valence-electron chi connectivity index (χ4n) is 2.26. The lowest BCUT2D eigenvalue weighted by Gasteiger charge is -2.27. The molecule has 0 aromatic heterocycles. The van der Waals surface area contributed by atoms with Crippen LogP contribution < -0.4 is 0 Å². The Morgan fingerprint density at radius 2 is 1.68 bits per heavy atom. The molecule has 0 aliphatic heterocycles. The first-order valence-corrected chi connectivity index (χ1v) is 7.77. The van der Waals surface area contributed by atoms with E-state index in [2.05, 4.69) is 0 Å². The minimum atomic E-state index is -0.287. The van der Waals surface area contributed by atoms with Gasteiger partial charge in [-0.05, 0) is 38.0 Å². The zero-order chi connectivity index (χ0) is 13.8. The van der Waals surface area contributed by atoms with Crippen molar-refractivity contribution < 1.29 is 19.7 Å². The van der Waals surface area contributed by atoms with Gasteiger partial charge in [-0.2, -0.15) is 0 Å². The van der Waals surface area contributed by atoms with Crippen LogP contribution in [-0.4, -0.2) is 49.4 Å². The van der Waals surface area contributed by atoms with Gasteiger partial charge in [0.2, 0.25) is 0 Å². The first-order chi connectivity index (χ1) is 9.33. The number of ether oxygens (including phenoxy) is 2. The molecule has 1 atom stereocenters. The molecule has 4 heteroatoms. The van der Waals surface area contributed by atoms with Gasteiger partial charge >= 0.3 is 0 Å². The average Bonchev–Trinajstić information content (AvgIpc) is 2.36. The minimum absolute atomic E-state index is 0.275. The third-order valence-corrected chi connectivity index (χ3v) is 3.66. The van der Waals surface area contributed by atoms with Gasteiger partial charge in [-0.15, -0.1) is 0 Å². The Morgan fingerprint density at radius 3 is 2.37 bits per heavy atom. The molecule has 0 bridgehead atoms. The number of hydrogen-bond acceptors (Lipinski definition) is 4. The van der Waals surface area contributed by atoms with Gasteiger partial charge in [0.1, 0.15) is 0 Å². The molecule has 4 nitrogen and oxygen atoms in total. The van der Waals surface area contributed by atoms with Crippen LogP contribution in [0.15, 0.2) is 0 Å². The van der Waals surface area contributed by atoms with E-state index in [-0.39, 0.29) is 12.7 Å². The summed E-state index contributed by atoms with van der Waals surface area (Å²) in [5, 5.41) is 18.3. The van der Waals surface area contributed by atoms with Gasteiger partial charge in [0, 0.05) is 26.4 Å². The summed E-state index contributed by atoms with van der Waals surface area (Å²) in [5.74, 6) is 0.737. The first kappa shape index (κ1) is 16.9. The summed E-state index contributed by atoms with van der Waals surface area (Å²) in [6.45, 7) is 2.89. The average molecular weight is 274 g/mol. The van der Waals surface area contributed by atoms with Crippen molar-refractivity contribution in [3.05, 3.63) is 0 Å². The molecule has 0 radical (unpaired) electrons. The number of unbranched alkanes of at least 4 members (excludes halogenated alkanes) is 2. The van der Waals surface area contributed by atoms with Gasteiger partial charge in [-0.3, -0.25) is 0 Å². The third kappa shape index (κ3) is 9.38. The minimum Gasteiger partial charge on any atom is -0.396 e. The van der Waals surface area contributed by atoms with Crippen LogP contribution in [0.25, 0.3) is 0 Å². The molecule has 1 aliphatic rings. The van der Waals surface area contributed by atoms with Gasteiger partial charge in [-0.1, -0.05) is 19.3 Å². The monoisotopic (exact) mass is 274 g/mol. The van der Waals surface area contributed by atoms with E-state index in [1.165, 1.54) is 19.3 Å². The van der Waals surface area contributed by atoms with Crippen LogP contribution in [0, 0.1) is 5.92 Å². The van der Waals surface area contributed by atoms with E-state index in [9.17, 15) is 5.11 Å². The Balaban J connectivity index is 1.73. The van der Waals surface area contributed by atoms with Gasteiger partial charge in [0.15, 0.2) is 0 Å². The molecule has 0 saturated heterocycles. The molecule has 1 saturated carbocycles. The van der Waals surface area contributed by atoms with E-state index in [1.54, 1.807) is 0 Å². The van der Waals surface area contributed by atoms with Crippen LogP contribution >= 0.6 is 0 Å². The highest BCUT2D eigenvalue weighted by Crippen LogP contribution is 2.30. The summed E-state index contributed by atoms with van der Waals surface area (Å²) in [5.41, 5.74) is 0. The predicted octanol–water partition coefficient (Wildman–Crippen LogP) is 2.12. The first-order valence-electron chi connectivity index (χ1n) is 7.77. The number of hydrogen-bond donors (Lipinski definition) is 2. The smallest absolute Gasteiger partial charge is 0.0776 e. The summed E-state index contributed by atoms with van der Waals surface area (Å²) in [7, 11) is 0. The van der Waals surface area contributed by atoms with Gasteiger partial charge in [-0.25, -0.2) is 0 Å². The van der Waals surface area contributed by atoms with E-state index in [0.717, 1.165) is 51.2 Å². The van der Waals surface area contributed by atoms with Crippen molar-refractivity contribution in [3.8, 4) is 0 Å². The van der Waals surface area contributed by atoms with Gasteiger partial charge in [0.25, 0.3) is 0 Å². The van der Waals surface area contributed by atoms with Crippen molar-refractivity contribution >= 4 is 0 Å². The maximum absolute atomic E-state index is 9.73. The van der Waals surface area contributed by atoms with E-state index >= 15 is 0 Å². The van der Waals surface area contributed by atoms with Crippen molar-refractivity contribution in [2.24, 2.45) is 5.92 Å². The topological polar surface area (TPSA) is 58.9 Å². The summed E-state index contributed by atoms with van der Waals surface area (Å²) in [6, 6.07) is 0. The van der Waals surface area contributed by atoms with E-state index in [0.29, 0.717) is 13.2 Å². The summed E-state index contributed by atoms with van der Waals surface area (Å²) < 4.78 is 10.9. The van der Waals surface area contributed by atoms with Gasteiger partial charge < -0.3 is 19.7 Å². The summed E-state index contributed by atoms with van der Waals surface area (Å²) in [4.78, 5) is 0. The molecule has 0 spiro atoms. The molecule has 0 amide bonds. The van der Waals surface area contributed by atoms with Crippen LogP contribution in [0.1, 0.15) is 51.4 Å². The summed E-state index contributed by atoms with van der Waals surface area (Å²) in [6.07, 6.45) is 8.30. The molecule has 1 aliphatic carbocycles. The molecule has 1 rings (SSSR count). The van der Waals surface area contributed by atoms with Crippen LogP contribution in [0.2, 0.25) is 0 Å². The van der Waals surface area contributed by atoms with Crippen molar-refractivity contribution in [1.29, 1.82) is 0 Å². The largest absolute Gasteiger partial charge is 0.396 e. The molecular weight excluding hydrogens is 244 g/mol. The van der Waals surface area contributed by atoms with Crippen LogP contribution in [-0.2, 0) is 9.47 Å². The van der Waals surface area contributed by atoms with E-state index < -0.39 is 0 Å². The second-order valence-electron chi connectivity index (χ2n) is 5.51. The number of aliphatic hydroxyl groups is 2. The fraction of sp³-hybridized carbons (Fsp3) is 1.00. The lowest BCUT2D eigenvalue weighted by molar-refractivity contribution is 0.00839. The second-order valence-corrected chi connectivity index (χ2v) is 5.51. The fourth-order valence-corrected chi connectivity index (χ4v) is 2.26. The molecular formula is C15H30O4. The van der Waals surface area contributed by atoms with Gasteiger partial charge in [0.05, 0.1) is 12.7 Å². The van der Waals surface area contributed by atoms with Crippen molar-refractivity contribution in [2.45, 2.75) is 57.5 Å². The molecule has 0 heterocycles. The Labute approximate surface area is 117 Å². The highest BCUT2D eigenvalue weighted by molar-refractivity contribution is 4.72. The van der Waals surface area contributed by atoms with Crippen LogP contribution in [0.3, 0.4) is 0 Å². The zero-order valence-electron chi connectivity index (χ0n) is 12.1. The Kier molecular flexibility index (Phi) is 10.4. The predicted molar refractivity (Wildman–Crippen MR) is 75.2 cm³/mol. The van der Waals surface area contributed by atoms with Crippen molar-refractivity contribution in [2.75, 3.05) is 33.0 Å². The number of aliphatic hydroxyl groups excluding tert-OH is 2. The van der Waals surface area contributed by atoms with Crippen molar-refractivity contribution in [3.63, 3.8) is 0 Å². The third-order valence-electron chi connectivity index (χ3n) is 3.66. The Hall–Kier alpha value is -0.160. The zero-order valence-corrected chi connectivity index (χ0v) is 12.1. The highest BCUT2D eigenvalue weighted by atomic mass is 16.5. The van der Waals surface area contributed by atoms with Crippen LogP contribution in [0.5, 0.6) is 0 Å². The second kappa shape index (κ2) is 11.6. The number of rotatable bonds is 13. The normalized spacial score (nSPS) is 17.4. The lowest BCUT2D eigenvalue weighted by Crippen LogP contribution is -2.23.